The minimum Gasteiger partial charge on any atom is -0.301 e. The number of rotatable bonds is 7. The lowest BCUT2D eigenvalue weighted by molar-refractivity contribution is -0.116. The van der Waals surface area contributed by atoms with Crippen LogP contribution in [0.15, 0.2) is 29.1 Å². The molecule has 1 N–H and O–H groups in total. The Bertz CT molecular complexity index is 1020. The van der Waals surface area contributed by atoms with E-state index in [4.69, 9.17) is 0 Å². The molecule has 0 spiro atoms. The lowest BCUT2D eigenvalue weighted by Crippen LogP contribution is -2.24. The fraction of sp³-hybridized carbons (Fsp3) is 0.474. The Hall–Kier alpha value is -2.68. The summed E-state index contributed by atoms with van der Waals surface area (Å²) in [5.74, 6) is -0.0701. The van der Waals surface area contributed by atoms with E-state index in [1.165, 1.54) is 16.0 Å². The van der Waals surface area contributed by atoms with Crippen molar-refractivity contribution >= 4 is 33.3 Å². The van der Waals surface area contributed by atoms with E-state index >= 15 is 0 Å². The van der Waals surface area contributed by atoms with Crippen molar-refractivity contribution in [3.8, 4) is 0 Å². The Kier molecular flexibility index (Phi) is 6.13. The van der Waals surface area contributed by atoms with Crippen LogP contribution in [0.1, 0.15) is 51.5 Å². The Labute approximate surface area is 167 Å². The average Bonchev–Trinajstić information content (AvgIpc) is 3.12. The third kappa shape index (κ3) is 4.98. The van der Waals surface area contributed by atoms with Crippen molar-refractivity contribution in [1.29, 1.82) is 0 Å². The van der Waals surface area contributed by atoms with Gasteiger partial charge in [-0.3, -0.25) is 9.59 Å². The summed E-state index contributed by atoms with van der Waals surface area (Å²) in [6.45, 7) is 6.67. The topological polar surface area (TPSA) is 103 Å². The molecule has 0 unspecified atom stereocenters. The van der Waals surface area contributed by atoms with Crippen LogP contribution in [0.25, 0.3) is 10.9 Å². The Morgan fingerprint density at radius 3 is 2.64 bits per heavy atom. The van der Waals surface area contributed by atoms with Crippen molar-refractivity contribution in [2.45, 2.75) is 58.4 Å². The lowest BCUT2D eigenvalue weighted by Gasteiger charge is -2.12. The van der Waals surface area contributed by atoms with E-state index in [9.17, 15) is 9.59 Å². The first-order valence-electron chi connectivity index (χ1n) is 9.31. The highest BCUT2D eigenvalue weighted by atomic mass is 32.1. The van der Waals surface area contributed by atoms with E-state index in [-0.39, 0.29) is 16.9 Å². The highest BCUT2D eigenvalue weighted by Crippen LogP contribution is 2.27. The van der Waals surface area contributed by atoms with Gasteiger partial charge >= 0.3 is 0 Å². The molecule has 9 heteroatoms. The molecular weight excluding hydrogens is 376 g/mol. The average molecular weight is 401 g/mol. The molecule has 1 amide bonds. The van der Waals surface area contributed by atoms with Gasteiger partial charge in [-0.2, -0.15) is 0 Å². The highest BCUT2D eigenvalue weighted by molar-refractivity contribution is 7.15. The van der Waals surface area contributed by atoms with E-state index in [0.29, 0.717) is 29.0 Å². The minimum absolute atomic E-state index is 0.0701. The predicted molar refractivity (Wildman–Crippen MR) is 110 cm³/mol. The summed E-state index contributed by atoms with van der Waals surface area (Å²) in [6, 6.07) is 7.18. The number of amides is 1. The van der Waals surface area contributed by atoms with E-state index in [2.05, 4.69) is 46.6 Å². The minimum atomic E-state index is -0.130. The molecule has 1 aromatic carbocycles. The molecule has 0 aliphatic rings. The maximum Gasteiger partial charge on any atom is 0.277 e. The second kappa shape index (κ2) is 8.55. The monoisotopic (exact) mass is 400 g/mol. The molecule has 3 aromatic rings. The number of anilines is 1. The maximum absolute atomic E-state index is 12.4. The van der Waals surface area contributed by atoms with E-state index in [1.807, 2.05) is 12.1 Å². The zero-order valence-electron chi connectivity index (χ0n) is 16.3. The Morgan fingerprint density at radius 2 is 1.89 bits per heavy atom. The molecule has 0 aliphatic carbocycles. The van der Waals surface area contributed by atoms with Crippen molar-refractivity contribution in [3.05, 3.63) is 39.6 Å². The van der Waals surface area contributed by atoms with Gasteiger partial charge in [0.25, 0.3) is 5.56 Å². The number of fused-ring (bicyclic) bond motifs is 1. The smallest absolute Gasteiger partial charge is 0.277 e. The number of nitrogens with zero attached hydrogens (tertiary/aromatic N) is 5. The predicted octanol–water partition coefficient (Wildman–Crippen LogP) is 3.14. The van der Waals surface area contributed by atoms with Crippen molar-refractivity contribution in [2.24, 2.45) is 0 Å². The third-order valence-corrected chi connectivity index (χ3v) is 5.48. The molecule has 2 aromatic heterocycles. The molecule has 0 atom stereocenters. The van der Waals surface area contributed by atoms with Crippen LogP contribution in [0, 0.1) is 0 Å². The molecule has 8 nitrogen and oxygen atoms in total. The molecule has 0 saturated heterocycles. The number of hydrogen-bond acceptors (Lipinski definition) is 7. The van der Waals surface area contributed by atoms with Crippen molar-refractivity contribution in [2.75, 3.05) is 5.32 Å². The molecule has 2 heterocycles. The lowest BCUT2D eigenvalue weighted by atomic mass is 9.98. The van der Waals surface area contributed by atoms with Crippen LogP contribution >= 0.6 is 11.3 Å². The fourth-order valence-electron chi connectivity index (χ4n) is 2.65. The van der Waals surface area contributed by atoms with E-state index in [1.54, 1.807) is 12.1 Å². The van der Waals surface area contributed by atoms with E-state index in [0.717, 1.165) is 24.3 Å². The van der Waals surface area contributed by atoms with Crippen LogP contribution in [0.4, 0.5) is 5.13 Å². The number of aromatic nitrogens is 5. The van der Waals surface area contributed by atoms with Gasteiger partial charge in [0.2, 0.25) is 11.0 Å². The molecule has 0 aliphatic heterocycles. The first-order chi connectivity index (χ1) is 13.3. The van der Waals surface area contributed by atoms with Gasteiger partial charge in [-0.25, -0.2) is 4.68 Å². The van der Waals surface area contributed by atoms with Gasteiger partial charge in [0.15, 0.2) is 0 Å². The number of unbranched alkanes of at least 4 members (excludes halogenated alkanes) is 2. The normalized spacial score (nSPS) is 11.7. The van der Waals surface area contributed by atoms with Gasteiger partial charge in [0.1, 0.15) is 10.5 Å². The number of aryl methyl sites for hydroxylation is 1. The van der Waals surface area contributed by atoms with Crippen LogP contribution in [0.5, 0.6) is 0 Å². The third-order valence-electron chi connectivity index (χ3n) is 4.22. The molecular formula is C19H24N6O2S. The van der Waals surface area contributed by atoms with Crippen molar-refractivity contribution in [3.63, 3.8) is 0 Å². The highest BCUT2D eigenvalue weighted by Gasteiger charge is 2.19. The van der Waals surface area contributed by atoms with Gasteiger partial charge in [0, 0.05) is 18.4 Å². The van der Waals surface area contributed by atoms with Crippen molar-refractivity contribution in [1.82, 2.24) is 25.2 Å². The first-order valence-corrected chi connectivity index (χ1v) is 10.1. The van der Waals surface area contributed by atoms with Crippen LogP contribution in [-0.2, 0) is 16.8 Å². The number of carbonyl (C=O) groups excluding carboxylic acids is 1. The van der Waals surface area contributed by atoms with Gasteiger partial charge in [-0.05, 0) is 25.0 Å². The van der Waals surface area contributed by atoms with Crippen molar-refractivity contribution < 1.29 is 4.79 Å². The van der Waals surface area contributed by atoms with Gasteiger partial charge in [-0.15, -0.1) is 15.3 Å². The van der Waals surface area contributed by atoms with Gasteiger partial charge in [0.05, 0.1) is 5.39 Å². The second-order valence-electron chi connectivity index (χ2n) is 7.66. The van der Waals surface area contributed by atoms with E-state index < -0.39 is 0 Å². The second-order valence-corrected chi connectivity index (χ2v) is 8.63. The molecule has 0 saturated carbocycles. The van der Waals surface area contributed by atoms with Crippen LogP contribution in [0.2, 0.25) is 0 Å². The quantitative estimate of drug-likeness (QED) is 0.611. The number of carbonyl (C=O) groups is 1. The zero-order valence-corrected chi connectivity index (χ0v) is 17.1. The van der Waals surface area contributed by atoms with Crippen LogP contribution in [0.3, 0.4) is 0 Å². The number of benzene rings is 1. The van der Waals surface area contributed by atoms with Crippen LogP contribution in [-0.4, -0.2) is 31.1 Å². The van der Waals surface area contributed by atoms with Crippen LogP contribution < -0.4 is 10.9 Å². The molecule has 0 fully saturated rings. The maximum atomic E-state index is 12.4. The Morgan fingerprint density at radius 1 is 1.11 bits per heavy atom. The summed E-state index contributed by atoms with van der Waals surface area (Å²) < 4.78 is 1.39. The molecule has 0 bridgehead atoms. The van der Waals surface area contributed by atoms with Gasteiger partial charge in [-0.1, -0.05) is 55.9 Å². The summed E-state index contributed by atoms with van der Waals surface area (Å²) in [5.41, 5.74) is 0.394. The molecule has 148 valence electrons. The fourth-order valence-corrected chi connectivity index (χ4v) is 3.47. The molecule has 3 rings (SSSR count). The Balaban J connectivity index is 1.42. The molecule has 0 radical (unpaired) electrons. The number of nitrogens with one attached hydrogen (secondary N) is 1. The van der Waals surface area contributed by atoms with Gasteiger partial charge < -0.3 is 5.32 Å². The SMILES string of the molecule is CC(C)(C)c1nnc(NC(=O)CCCCCn2nnc3ccccc3c2=O)s1. The summed E-state index contributed by atoms with van der Waals surface area (Å²) in [5, 5.41) is 21.0. The summed E-state index contributed by atoms with van der Waals surface area (Å²) in [7, 11) is 0. The number of hydrogen-bond donors (Lipinski definition) is 1. The summed E-state index contributed by atoms with van der Waals surface area (Å²) >= 11 is 1.40. The first kappa shape index (κ1) is 20.1. The summed E-state index contributed by atoms with van der Waals surface area (Å²) in [4.78, 5) is 24.4. The summed E-state index contributed by atoms with van der Waals surface area (Å²) in [6.07, 6.45) is 2.71. The zero-order chi connectivity index (χ0) is 20.1. The largest absolute Gasteiger partial charge is 0.301 e. The molecule has 28 heavy (non-hydrogen) atoms. The standard InChI is InChI=1S/C19H24N6O2S/c1-19(2,3)17-22-23-18(28-17)20-15(26)11-5-4-8-12-25-16(27)13-9-6-7-10-14(13)21-24-25/h6-7,9-10H,4-5,8,11-12H2,1-3H3,(H,20,23,26).